The summed E-state index contributed by atoms with van der Waals surface area (Å²) in [6.45, 7) is 5.20. The quantitative estimate of drug-likeness (QED) is 0.446. The summed E-state index contributed by atoms with van der Waals surface area (Å²) in [6.07, 6.45) is 0. The van der Waals surface area contributed by atoms with Crippen molar-refractivity contribution in [2.24, 2.45) is 0 Å². The lowest BCUT2D eigenvalue weighted by molar-refractivity contribution is 0.265. The minimum atomic E-state index is -0.299. The van der Waals surface area contributed by atoms with E-state index >= 15 is 0 Å². The van der Waals surface area contributed by atoms with Crippen LogP contribution in [0.1, 0.15) is 36.6 Å². The van der Waals surface area contributed by atoms with Gasteiger partial charge in [0.15, 0.2) is 11.5 Å². The maximum Gasteiger partial charge on any atom is 0.163 e. The Morgan fingerprint density at radius 3 is 2.34 bits per heavy atom. The topological polar surface area (TPSA) is 30.5 Å². The number of hydrogen-bond donors (Lipinski definition) is 1. The van der Waals surface area contributed by atoms with Crippen LogP contribution in [0, 0.1) is 5.82 Å². The van der Waals surface area contributed by atoms with Crippen LogP contribution in [0.5, 0.6) is 11.5 Å². The smallest absolute Gasteiger partial charge is 0.163 e. The molecule has 3 aromatic carbocycles. The highest BCUT2D eigenvalue weighted by Gasteiger charge is 2.13. The van der Waals surface area contributed by atoms with E-state index in [0.29, 0.717) is 35.2 Å². The summed E-state index contributed by atoms with van der Waals surface area (Å²) in [5.41, 5.74) is 2.60. The van der Waals surface area contributed by atoms with Crippen LogP contribution < -0.4 is 14.8 Å². The van der Waals surface area contributed by atoms with Gasteiger partial charge in [-0.2, -0.15) is 0 Å². The molecule has 0 aliphatic heterocycles. The Labute approximate surface area is 176 Å². The average molecular weight is 414 g/mol. The van der Waals surface area contributed by atoms with Crippen molar-refractivity contribution < 1.29 is 13.9 Å². The average Bonchev–Trinajstić information content (AvgIpc) is 2.74. The Morgan fingerprint density at radius 2 is 1.62 bits per heavy atom. The largest absolute Gasteiger partial charge is 0.490 e. The van der Waals surface area contributed by atoms with Crippen molar-refractivity contribution >= 4 is 11.6 Å². The summed E-state index contributed by atoms with van der Waals surface area (Å²) in [5, 5.41) is 4.05. The van der Waals surface area contributed by atoms with Gasteiger partial charge in [0.2, 0.25) is 0 Å². The fourth-order valence-electron chi connectivity index (χ4n) is 2.99. The highest BCUT2D eigenvalue weighted by atomic mass is 35.5. The summed E-state index contributed by atoms with van der Waals surface area (Å²) >= 11 is 6.49. The molecule has 0 radical (unpaired) electrons. The molecule has 0 saturated heterocycles. The third kappa shape index (κ3) is 5.72. The van der Waals surface area contributed by atoms with E-state index in [4.69, 9.17) is 21.1 Å². The number of hydrogen-bond acceptors (Lipinski definition) is 3. The van der Waals surface area contributed by atoms with Crippen molar-refractivity contribution in [3.05, 3.63) is 94.3 Å². The van der Waals surface area contributed by atoms with Gasteiger partial charge in [0.1, 0.15) is 12.4 Å². The van der Waals surface area contributed by atoms with Crippen molar-refractivity contribution in [2.75, 3.05) is 6.61 Å². The van der Waals surface area contributed by atoms with E-state index in [2.05, 4.69) is 24.4 Å². The zero-order valence-corrected chi connectivity index (χ0v) is 17.4. The minimum absolute atomic E-state index is 0.103. The normalized spacial score (nSPS) is 11.9. The predicted molar refractivity (Wildman–Crippen MR) is 115 cm³/mol. The zero-order chi connectivity index (χ0) is 20.6. The van der Waals surface area contributed by atoms with E-state index in [1.54, 1.807) is 24.3 Å². The first kappa shape index (κ1) is 21.2. The van der Waals surface area contributed by atoms with Gasteiger partial charge < -0.3 is 14.8 Å². The SMILES string of the molecule is CCOc1cc(CNC(C)c2ccccc2)c(Cl)cc1OCc1ccccc1F. The molecule has 0 fully saturated rings. The molecule has 0 bridgehead atoms. The van der Waals surface area contributed by atoms with Crippen LogP contribution in [-0.2, 0) is 13.2 Å². The third-order valence-corrected chi connectivity index (χ3v) is 5.00. The second-order valence-electron chi connectivity index (χ2n) is 6.72. The summed E-state index contributed by atoms with van der Waals surface area (Å²) in [6, 6.07) is 20.6. The van der Waals surface area contributed by atoms with Gasteiger partial charge in [-0.05, 0) is 37.1 Å². The summed E-state index contributed by atoms with van der Waals surface area (Å²) in [5.74, 6) is 0.796. The molecule has 3 aromatic rings. The van der Waals surface area contributed by atoms with E-state index in [0.717, 1.165) is 5.56 Å². The molecule has 1 atom stereocenters. The van der Waals surface area contributed by atoms with Crippen LogP contribution in [0.15, 0.2) is 66.7 Å². The fourth-order valence-corrected chi connectivity index (χ4v) is 3.21. The van der Waals surface area contributed by atoms with Crippen molar-refractivity contribution in [3.8, 4) is 11.5 Å². The molecule has 3 nitrogen and oxygen atoms in total. The van der Waals surface area contributed by atoms with Crippen LogP contribution in [0.25, 0.3) is 0 Å². The van der Waals surface area contributed by atoms with Gasteiger partial charge in [0.05, 0.1) is 6.61 Å². The van der Waals surface area contributed by atoms with Crippen molar-refractivity contribution in [3.63, 3.8) is 0 Å². The molecule has 0 amide bonds. The van der Waals surface area contributed by atoms with Crippen LogP contribution in [0.4, 0.5) is 4.39 Å². The Balaban J connectivity index is 1.72. The number of ether oxygens (including phenoxy) is 2. The molecule has 0 spiro atoms. The van der Waals surface area contributed by atoms with Crippen LogP contribution in [-0.4, -0.2) is 6.61 Å². The summed E-state index contributed by atoms with van der Waals surface area (Å²) < 4.78 is 25.4. The van der Waals surface area contributed by atoms with E-state index < -0.39 is 0 Å². The zero-order valence-electron chi connectivity index (χ0n) is 16.6. The molecular formula is C24H25ClFNO2. The van der Waals surface area contributed by atoms with E-state index in [9.17, 15) is 4.39 Å². The van der Waals surface area contributed by atoms with Crippen molar-refractivity contribution in [1.82, 2.24) is 5.32 Å². The molecule has 0 aromatic heterocycles. The Kier molecular flexibility index (Phi) is 7.50. The fraction of sp³-hybridized carbons (Fsp3) is 0.250. The second-order valence-corrected chi connectivity index (χ2v) is 7.12. The Morgan fingerprint density at radius 1 is 0.931 bits per heavy atom. The number of halogens is 2. The van der Waals surface area contributed by atoms with Crippen molar-refractivity contribution in [1.29, 1.82) is 0 Å². The molecule has 29 heavy (non-hydrogen) atoms. The monoisotopic (exact) mass is 413 g/mol. The molecule has 3 rings (SSSR count). The molecule has 0 aliphatic carbocycles. The standard InChI is InChI=1S/C24H25ClFNO2/c1-3-28-23-13-20(15-27-17(2)18-9-5-4-6-10-18)21(25)14-24(23)29-16-19-11-7-8-12-22(19)26/h4-14,17,27H,3,15-16H2,1-2H3. The van der Waals surface area contributed by atoms with Gasteiger partial charge in [-0.1, -0.05) is 60.1 Å². The number of rotatable bonds is 9. The van der Waals surface area contributed by atoms with Gasteiger partial charge in [-0.25, -0.2) is 4.39 Å². The second kappa shape index (κ2) is 10.3. The molecule has 1 unspecified atom stereocenters. The van der Waals surface area contributed by atoms with E-state index in [-0.39, 0.29) is 18.5 Å². The first-order valence-electron chi connectivity index (χ1n) is 9.68. The highest BCUT2D eigenvalue weighted by Crippen LogP contribution is 2.34. The lowest BCUT2D eigenvalue weighted by Crippen LogP contribution is -2.18. The van der Waals surface area contributed by atoms with Gasteiger partial charge in [-0.15, -0.1) is 0 Å². The number of benzene rings is 3. The third-order valence-electron chi connectivity index (χ3n) is 4.65. The number of nitrogens with one attached hydrogen (secondary N) is 1. The van der Waals surface area contributed by atoms with Gasteiger partial charge >= 0.3 is 0 Å². The molecule has 0 saturated carbocycles. The van der Waals surface area contributed by atoms with Gasteiger partial charge in [0, 0.05) is 29.2 Å². The first-order valence-corrected chi connectivity index (χ1v) is 10.1. The van der Waals surface area contributed by atoms with Gasteiger partial charge in [-0.3, -0.25) is 0 Å². The first-order chi connectivity index (χ1) is 14.1. The van der Waals surface area contributed by atoms with E-state index in [1.807, 2.05) is 31.2 Å². The van der Waals surface area contributed by atoms with Crippen LogP contribution in [0.3, 0.4) is 0 Å². The maximum atomic E-state index is 13.9. The highest BCUT2D eigenvalue weighted by molar-refractivity contribution is 6.31. The molecular weight excluding hydrogens is 389 g/mol. The lowest BCUT2D eigenvalue weighted by Gasteiger charge is -2.18. The minimum Gasteiger partial charge on any atom is -0.490 e. The van der Waals surface area contributed by atoms with Crippen LogP contribution in [0.2, 0.25) is 5.02 Å². The van der Waals surface area contributed by atoms with E-state index in [1.165, 1.54) is 11.6 Å². The Bertz CT molecular complexity index is 933. The summed E-state index contributed by atoms with van der Waals surface area (Å²) in [7, 11) is 0. The molecule has 1 N–H and O–H groups in total. The summed E-state index contributed by atoms with van der Waals surface area (Å²) in [4.78, 5) is 0. The molecule has 152 valence electrons. The molecule has 0 aliphatic rings. The Hall–Kier alpha value is -2.56. The maximum absolute atomic E-state index is 13.9. The van der Waals surface area contributed by atoms with Gasteiger partial charge in [0.25, 0.3) is 0 Å². The van der Waals surface area contributed by atoms with Crippen molar-refractivity contribution in [2.45, 2.75) is 33.0 Å². The molecule has 5 heteroatoms. The van der Waals surface area contributed by atoms with Crippen LogP contribution >= 0.6 is 11.6 Å². The predicted octanol–water partition coefficient (Wildman–Crippen LogP) is 6.31. The molecule has 0 heterocycles. The lowest BCUT2D eigenvalue weighted by atomic mass is 10.1.